The van der Waals surface area contributed by atoms with Gasteiger partial charge in [0.25, 0.3) is 0 Å². The smallest absolute Gasteiger partial charge is 0.318 e. The van der Waals surface area contributed by atoms with E-state index in [1.165, 1.54) is 7.11 Å². The highest BCUT2D eigenvalue weighted by molar-refractivity contribution is 5.79. The van der Waals surface area contributed by atoms with E-state index in [9.17, 15) is 4.79 Å². The molecule has 5 heteroatoms. The molecule has 1 aromatic rings. The zero-order valence-corrected chi connectivity index (χ0v) is 10.0. The Bertz CT molecular complexity index is 390. The summed E-state index contributed by atoms with van der Waals surface area (Å²) in [5.41, 5.74) is -0.541. The van der Waals surface area contributed by atoms with Crippen molar-refractivity contribution in [3.63, 3.8) is 0 Å². The number of carbonyl (C=O) groups excluding carboxylic acids is 1. The summed E-state index contributed by atoms with van der Waals surface area (Å²) >= 11 is 0. The summed E-state index contributed by atoms with van der Waals surface area (Å²) in [5.74, 6) is 0.620. The summed E-state index contributed by atoms with van der Waals surface area (Å²) in [6, 6.07) is 5.69. The zero-order chi connectivity index (χ0) is 12.3. The van der Waals surface area contributed by atoms with Gasteiger partial charge in [0, 0.05) is 19.8 Å². The Balaban J connectivity index is 2.07. The maximum absolute atomic E-state index is 11.7. The molecule has 0 N–H and O–H groups in total. The SMILES string of the molecule is COC(=O)C1(CN(C)c2ccccn2)COC1. The molecule has 1 aliphatic heterocycles. The second-order valence-electron chi connectivity index (χ2n) is 4.31. The first-order chi connectivity index (χ1) is 8.18. The molecule has 0 aliphatic carbocycles. The van der Waals surface area contributed by atoms with Gasteiger partial charge in [-0.15, -0.1) is 0 Å². The second kappa shape index (κ2) is 4.71. The standard InChI is InChI=1S/C12H16N2O3/c1-14(10-5-3-4-6-13-10)7-12(8-17-9-12)11(15)16-2/h3-6H,7-9H2,1-2H3. The van der Waals surface area contributed by atoms with Crippen LogP contribution in [-0.4, -0.2) is 44.9 Å². The Morgan fingerprint density at radius 2 is 2.35 bits per heavy atom. The molecule has 0 radical (unpaired) electrons. The number of esters is 1. The fourth-order valence-corrected chi connectivity index (χ4v) is 1.95. The van der Waals surface area contributed by atoms with E-state index in [0.717, 1.165) is 5.82 Å². The Morgan fingerprint density at radius 3 is 2.82 bits per heavy atom. The number of hydrogen-bond donors (Lipinski definition) is 0. The van der Waals surface area contributed by atoms with Gasteiger partial charge in [-0.25, -0.2) is 4.98 Å². The fraction of sp³-hybridized carbons (Fsp3) is 0.500. The summed E-state index contributed by atoms with van der Waals surface area (Å²) in [7, 11) is 3.31. The topological polar surface area (TPSA) is 51.7 Å². The highest BCUT2D eigenvalue weighted by atomic mass is 16.5. The Kier molecular flexibility index (Phi) is 3.28. The normalized spacial score (nSPS) is 17.1. The van der Waals surface area contributed by atoms with E-state index < -0.39 is 5.41 Å². The number of ether oxygens (including phenoxy) is 2. The lowest BCUT2D eigenvalue weighted by Crippen LogP contribution is -2.56. The van der Waals surface area contributed by atoms with Gasteiger partial charge in [-0.2, -0.15) is 0 Å². The molecule has 1 saturated heterocycles. The molecule has 2 rings (SSSR count). The van der Waals surface area contributed by atoms with Crippen LogP contribution in [0, 0.1) is 5.41 Å². The second-order valence-corrected chi connectivity index (χ2v) is 4.31. The molecule has 5 nitrogen and oxygen atoms in total. The van der Waals surface area contributed by atoms with Crippen LogP contribution in [0.1, 0.15) is 0 Å². The van der Waals surface area contributed by atoms with Gasteiger partial charge in [-0.05, 0) is 12.1 Å². The van der Waals surface area contributed by atoms with Crippen LogP contribution in [0.4, 0.5) is 5.82 Å². The molecule has 1 fully saturated rings. The van der Waals surface area contributed by atoms with E-state index in [1.54, 1.807) is 6.20 Å². The number of carbonyl (C=O) groups is 1. The third-order valence-corrected chi connectivity index (χ3v) is 2.96. The average Bonchev–Trinajstić information content (AvgIpc) is 2.33. The van der Waals surface area contributed by atoms with Crippen molar-refractivity contribution in [3.05, 3.63) is 24.4 Å². The van der Waals surface area contributed by atoms with Gasteiger partial charge in [0.15, 0.2) is 0 Å². The van der Waals surface area contributed by atoms with E-state index >= 15 is 0 Å². The molecule has 0 bridgehead atoms. The average molecular weight is 236 g/mol. The van der Waals surface area contributed by atoms with Gasteiger partial charge in [0.2, 0.25) is 0 Å². The molecule has 0 aromatic carbocycles. The number of hydrogen-bond acceptors (Lipinski definition) is 5. The molecule has 0 spiro atoms. The fourth-order valence-electron chi connectivity index (χ4n) is 1.95. The van der Waals surface area contributed by atoms with Crippen LogP contribution in [0.25, 0.3) is 0 Å². The van der Waals surface area contributed by atoms with Gasteiger partial charge in [-0.3, -0.25) is 4.79 Å². The van der Waals surface area contributed by atoms with Crippen LogP contribution in [0.5, 0.6) is 0 Å². The van der Waals surface area contributed by atoms with Crippen LogP contribution >= 0.6 is 0 Å². The Morgan fingerprint density at radius 1 is 1.59 bits per heavy atom. The van der Waals surface area contributed by atoms with E-state index in [4.69, 9.17) is 9.47 Å². The van der Waals surface area contributed by atoms with Crippen molar-refractivity contribution in [3.8, 4) is 0 Å². The molecule has 2 heterocycles. The lowest BCUT2D eigenvalue weighted by molar-refractivity contribution is -0.180. The summed E-state index contributed by atoms with van der Waals surface area (Å²) in [6.45, 7) is 1.38. The van der Waals surface area contributed by atoms with Crippen molar-refractivity contribution in [1.29, 1.82) is 0 Å². The number of nitrogens with zero attached hydrogens (tertiary/aromatic N) is 2. The number of rotatable bonds is 4. The summed E-state index contributed by atoms with van der Waals surface area (Å²) in [5, 5.41) is 0. The predicted molar refractivity (Wildman–Crippen MR) is 62.8 cm³/mol. The van der Waals surface area contributed by atoms with Crippen LogP contribution in [0.3, 0.4) is 0 Å². The molecule has 0 atom stereocenters. The van der Waals surface area contributed by atoms with Crippen LogP contribution < -0.4 is 4.90 Å². The van der Waals surface area contributed by atoms with E-state index in [-0.39, 0.29) is 5.97 Å². The van der Waals surface area contributed by atoms with Gasteiger partial charge in [0.1, 0.15) is 11.2 Å². The lowest BCUT2D eigenvalue weighted by atomic mass is 9.85. The predicted octanol–water partition coefficient (Wildman–Crippen LogP) is 0.707. The number of aromatic nitrogens is 1. The number of methoxy groups -OCH3 is 1. The minimum absolute atomic E-state index is 0.216. The van der Waals surface area contributed by atoms with Crippen LogP contribution in [0.2, 0.25) is 0 Å². The highest BCUT2D eigenvalue weighted by Crippen LogP contribution is 2.30. The van der Waals surface area contributed by atoms with Gasteiger partial charge in [-0.1, -0.05) is 6.07 Å². The van der Waals surface area contributed by atoms with Crippen molar-refractivity contribution >= 4 is 11.8 Å². The van der Waals surface area contributed by atoms with Crippen LogP contribution in [0.15, 0.2) is 24.4 Å². The maximum Gasteiger partial charge on any atom is 0.318 e. The molecule has 92 valence electrons. The third kappa shape index (κ3) is 2.24. The molecule has 0 amide bonds. The van der Waals surface area contributed by atoms with Crippen molar-refractivity contribution in [2.24, 2.45) is 5.41 Å². The molecular weight excluding hydrogens is 220 g/mol. The van der Waals surface area contributed by atoms with E-state index in [1.807, 2.05) is 30.1 Å². The van der Waals surface area contributed by atoms with Crippen molar-refractivity contribution < 1.29 is 14.3 Å². The lowest BCUT2D eigenvalue weighted by Gasteiger charge is -2.41. The van der Waals surface area contributed by atoms with Crippen molar-refractivity contribution in [1.82, 2.24) is 4.98 Å². The Labute approximate surface area is 100 Å². The largest absolute Gasteiger partial charge is 0.468 e. The molecule has 0 saturated carbocycles. The summed E-state index contributed by atoms with van der Waals surface area (Å²) < 4.78 is 9.98. The van der Waals surface area contributed by atoms with Gasteiger partial charge < -0.3 is 14.4 Å². The monoisotopic (exact) mass is 236 g/mol. The summed E-state index contributed by atoms with van der Waals surface area (Å²) in [6.07, 6.45) is 1.73. The number of pyridine rings is 1. The number of anilines is 1. The quantitative estimate of drug-likeness (QED) is 0.720. The highest BCUT2D eigenvalue weighted by Gasteiger charge is 2.48. The molecule has 17 heavy (non-hydrogen) atoms. The van der Waals surface area contributed by atoms with Crippen LogP contribution in [-0.2, 0) is 14.3 Å². The van der Waals surface area contributed by atoms with E-state index in [2.05, 4.69) is 4.98 Å². The van der Waals surface area contributed by atoms with Crippen molar-refractivity contribution in [2.75, 3.05) is 38.8 Å². The van der Waals surface area contributed by atoms with Gasteiger partial charge >= 0.3 is 5.97 Å². The first-order valence-electron chi connectivity index (χ1n) is 5.46. The summed E-state index contributed by atoms with van der Waals surface area (Å²) in [4.78, 5) is 17.9. The van der Waals surface area contributed by atoms with Crippen molar-refractivity contribution in [2.45, 2.75) is 0 Å². The van der Waals surface area contributed by atoms with E-state index in [0.29, 0.717) is 19.8 Å². The van der Waals surface area contributed by atoms with Gasteiger partial charge in [0.05, 0.1) is 20.3 Å². The third-order valence-electron chi connectivity index (χ3n) is 2.96. The molecule has 1 aliphatic rings. The minimum atomic E-state index is -0.541. The molecule has 1 aromatic heterocycles. The Hall–Kier alpha value is -1.62. The molecular formula is C12H16N2O3. The first-order valence-corrected chi connectivity index (χ1v) is 5.46. The molecule has 0 unspecified atom stereocenters. The maximum atomic E-state index is 11.7. The first kappa shape index (κ1) is 11.9. The zero-order valence-electron chi connectivity index (χ0n) is 10.0. The minimum Gasteiger partial charge on any atom is -0.468 e.